The average Bonchev–Trinajstić information content (AvgIpc) is 3.66. The summed E-state index contributed by atoms with van der Waals surface area (Å²) >= 11 is 0. The first-order valence-corrected chi connectivity index (χ1v) is 14.5. The van der Waals surface area contributed by atoms with Gasteiger partial charge in [-0.1, -0.05) is 31.1 Å². The molecular formula is C31H39N5O3. The molecule has 2 fully saturated rings. The molecule has 8 nitrogen and oxygen atoms in total. The fourth-order valence-corrected chi connectivity index (χ4v) is 5.91. The van der Waals surface area contributed by atoms with Crippen molar-refractivity contribution in [1.29, 1.82) is 0 Å². The topological polar surface area (TPSA) is 82.7 Å². The molecule has 1 saturated heterocycles. The molecule has 2 aromatic heterocycles. The fraction of sp³-hybridized carbons (Fsp3) is 0.484. The first-order chi connectivity index (χ1) is 19.2. The summed E-state index contributed by atoms with van der Waals surface area (Å²) in [6.07, 6.45) is 12.7. The number of ether oxygens (including phenoxy) is 2. The van der Waals surface area contributed by atoms with Gasteiger partial charge in [-0.05, 0) is 55.0 Å². The van der Waals surface area contributed by atoms with Crippen molar-refractivity contribution in [3.63, 3.8) is 0 Å². The number of aromatic nitrogens is 2. The number of aromatic amines is 1. The molecule has 0 radical (unpaired) electrons. The van der Waals surface area contributed by atoms with Crippen LogP contribution in [0.15, 0.2) is 48.8 Å². The van der Waals surface area contributed by atoms with Crippen LogP contribution in [0.3, 0.4) is 0 Å². The number of urea groups is 1. The van der Waals surface area contributed by atoms with Crippen LogP contribution in [-0.4, -0.2) is 84.4 Å². The molecule has 3 aliphatic rings. The van der Waals surface area contributed by atoms with Crippen molar-refractivity contribution in [1.82, 2.24) is 25.1 Å². The number of rotatable bonds is 8. The number of carbonyl (C=O) groups excluding carboxylic acids is 1. The van der Waals surface area contributed by atoms with E-state index in [1.807, 2.05) is 23.2 Å². The number of hydrogen-bond donors (Lipinski definition) is 2. The molecule has 0 spiro atoms. The van der Waals surface area contributed by atoms with E-state index in [-0.39, 0.29) is 6.03 Å². The Morgan fingerprint density at radius 3 is 2.69 bits per heavy atom. The van der Waals surface area contributed by atoms with E-state index in [4.69, 9.17) is 14.5 Å². The third-order valence-corrected chi connectivity index (χ3v) is 8.23. The summed E-state index contributed by atoms with van der Waals surface area (Å²) in [4.78, 5) is 25.1. The predicted molar refractivity (Wildman–Crippen MR) is 154 cm³/mol. The van der Waals surface area contributed by atoms with E-state index in [9.17, 15) is 4.79 Å². The molecule has 8 heteroatoms. The number of nitrogens with zero attached hydrogens (tertiary/aromatic N) is 3. The number of hydrogen-bond acceptors (Lipinski definition) is 5. The lowest BCUT2D eigenvalue weighted by molar-refractivity contribution is 0.0358. The van der Waals surface area contributed by atoms with Gasteiger partial charge in [0.15, 0.2) is 0 Å². The van der Waals surface area contributed by atoms with Crippen LogP contribution in [-0.2, 0) is 4.74 Å². The van der Waals surface area contributed by atoms with Gasteiger partial charge in [0.25, 0.3) is 0 Å². The molecule has 1 saturated carbocycles. The maximum atomic E-state index is 12.7. The first-order valence-electron chi connectivity index (χ1n) is 14.5. The minimum absolute atomic E-state index is 0.0737. The second kappa shape index (κ2) is 12.2. The van der Waals surface area contributed by atoms with Gasteiger partial charge in [-0.15, -0.1) is 0 Å². The molecule has 1 aromatic carbocycles. The lowest BCUT2D eigenvalue weighted by Crippen LogP contribution is -2.45. The van der Waals surface area contributed by atoms with Crippen LogP contribution in [0.5, 0.6) is 5.75 Å². The molecule has 1 aliphatic carbocycles. The Hall–Kier alpha value is -3.36. The van der Waals surface area contributed by atoms with Crippen LogP contribution in [0.1, 0.15) is 44.1 Å². The van der Waals surface area contributed by atoms with Crippen LogP contribution in [0.25, 0.3) is 27.7 Å². The largest absolute Gasteiger partial charge is 0.494 e. The van der Waals surface area contributed by atoms with Gasteiger partial charge in [-0.2, -0.15) is 0 Å². The van der Waals surface area contributed by atoms with Gasteiger partial charge in [0.05, 0.1) is 19.8 Å². The summed E-state index contributed by atoms with van der Waals surface area (Å²) < 4.78 is 11.4. The first kappa shape index (κ1) is 25.9. The minimum Gasteiger partial charge on any atom is -0.494 e. The Morgan fingerprint density at radius 1 is 1.10 bits per heavy atom. The monoisotopic (exact) mass is 529 g/mol. The maximum Gasteiger partial charge on any atom is 0.317 e. The lowest BCUT2D eigenvalue weighted by atomic mass is 9.98. The third kappa shape index (κ3) is 6.28. The van der Waals surface area contributed by atoms with E-state index in [1.165, 1.54) is 24.0 Å². The minimum atomic E-state index is 0.0737. The van der Waals surface area contributed by atoms with Gasteiger partial charge in [0.1, 0.15) is 11.4 Å². The smallest absolute Gasteiger partial charge is 0.317 e. The molecule has 2 amide bonds. The summed E-state index contributed by atoms with van der Waals surface area (Å²) in [5, 5.41) is 4.33. The molecule has 4 heterocycles. The number of H-pyrrole nitrogens is 1. The molecule has 2 aliphatic heterocycles. The van der Waals surface area contributed by atoms with Crippen molar-refractivity contribution in [2.24, 2.45) is 0 Å². The molecule has 2 N–H and O–H groups in total. The highest BCUT2D eigenvalue weighted by Crippen LogP contribution is 2.32. The summed E-state index contributed by atoms with van der Waals surface area (Å²) in [6.45, 7) is 6.84. The molecule has 0 atom stereocenters. The lowest BCUT2D eigenvalue weighted by Gasteiger charge is -2.28. The zero-order chi connectivity index (χ0) is 26.4. The zero-order valence-corrected chi connectivity index (χ0v) is 22.7. The Bertz CT molecular complexity index is 1290. The summed E-state index contributed by atoms with van der Waals surface area (Å²) in [6, 6.07) is 10.9. The molecule has 3 aromatic rings. The second-order valence-corrected chi connectivity index (χ2v) is 10.9. The molecular weight excluding hydrogens is 490 g/mol. The van der Waals surface area contributed by atoms with Gasteiger partial charge < -0.3 is 24.7 Å². The maximum absolute atomic E-state index is 12.7. The number of nitrogens with one attached hydrogen (secondary N) is 2. The van der Waals surface area contributed by atoms with Crippen LogP contribution in [0, 0.1) is 0 Å². The predicted octanol–water partition coefficient (Wildman–Crippen LogP) is 5.07. The highest BCUT2D eigenvalue weighted by atomic mass is 16.5. The van der Waals surface area contributed by atoms with Gasteiger partial charge in [0, 0.05) is 67.7 Å². The van der Waals surface area contributed by atoms with E-state index in [0.29, 0.717) is 19.2 Å². The molecule has 206 valence electrons. The number of morpholine rings is 1. The number of pyridine rings is 1. The van der Waals surface area contributed by atoms with Gasteiger partial charge >= 0.3 is 6.03 Å². The summed E-state index contributed by atoms with van der Waals surface area (Å²) in [5.74, 6) is 0.894. The number of amides is 2. The summed E-state index contributed by atoms with van der Waals surface area (Å²) in [7, 11) is 0. The van der Waals surface area contributed by atoms with Crippen molar-refractivity contribution in [3.05, 3.63) is 54.4 Å². The zero-order valence-electron chi connectivity index (χ0n) is 22.7. The second-order valence-electron chi connectivity index (χ2n) is 10.9. The summed E-state index contributed by atoms with van der Waals surface area (Å²) in [5.41, 5.74) is 5.53. The van der Waals surface area contributed by atoms with Crippen LogP contribution in [0.2, 0.25) is 0 Å². The van der Waals surface area contributed by atoms with Gasteiger partial charge in [0.2, 0.25) is 0 Å². The van der Waals surface area contributed by atoms with Crippen molar-refractivity contribution in [2.75, 3.05) is 52.5 Å². The molecule has 6 rings (SSSR count). The Morgan fingerprint density at radius 2 is 1.92 bits per heavy atom. The highest BCUT2D eigenvalue weighted by Gasteiger charge is 2.23. The van der Waals surface area contributed by atoms with Crippen molar-refractivity contribution in [2.45, 2.75) is 44.6 Å². The van der Waals surface area contributed by atoms with Crippen molar-refractivity contribution >= 4 is 22.6 Å². The average molecular weight is 530 g/mol. The molecule has 0 unspecified atom stereocenters. The Balaban J connectivity index is 1.07. The van der Waals surface area contributed by atoms with Crippen LogP contribution in [0.4, 0.5) is 4.79 Å². The van der Waals surface area contributed by atoms with E-state index in [1.54, 1.807) is 0 Å². The quantitative estimate of drug-likeness (QED) is 0.398. The highest BCUT2D eigenvalue weighted by molar-refractivity contribution is 5.93. The molecule has 39 heavy (non-hydrogen) atoms. The van der Waals surface area contributed by atoms with Crippen LogP contribution >= 0.6 is 0 Å². The van der Waals surface area contributed by atoms with Crippen molar-refractivity contribution < 1.29 is 14.3 Å². The van der Waals surface area contributed by atoms with E-state index < -0.39 is 0 Å². The third-order valence-electron chi connectivity index (χ3n) is 8.23. The fourth-order valence-electron chi connectivity index (χ4n) is 5.91. The van der Waals surface area contributed by atoms with Crippen molar-refractivity contribution in [3.8, 4) is 16.9 Å². The Kier molecular flexibility index (Phi) is 8.11. The number of benzene rings is 1. The Labute approximate surface area is 230 Å². The normalized spacial score (nSPS) is 18.9. The standard InChI is InChI=1S/C31H39N5O3/c37-31(34-26-4-1-2-5-26)36-13-10-24(11-14-36)29-22-33-30-28(29)20-25(21-32-30)23-6-8-27(9-7-23)39-17-3-12-35-15-18-38-19-16-35/h6-10,20-22,26H,1-5,11-19H2,(H,32,33)(H,34,37). The van der Waals surface area contributed by atoms with Crippen LogP contribution < -0.4 is 10.1 Å². The van der Waals surface area contributed by atoms with E-state index >= 15 is 0 Å². The van der Waals surface area contributed by atoms with Gasteiger partial charge in [-0.3, -0.25) is 4.90 Å². The molecule has 0 bridgehead atoms. The van der Waals surface area contributed by atoms with E-state index in [2.05, 4.69) is 45.7 Å². The number of fused-ring (bicyclic) bond motifs is 1. The van der Waals surface area contributed by atoms with E-state index in [0.717, 1.165) is 93.0 Å². The van der Waals surface area contributed by atoms with Gasteiger partial charge in [-0.25, -0.2) is 9.78 Å². The SMILES string of the molecule is O=C(NC1CCCC1)N1CC=C(c2c[nH]c3ncc(-c4ccc(OCCCN5CCOCC5)cc4)cc23)CC1. The number of carbonyl (C=O) groups is 1.